The first-order chi connectivity index (χ1) is 5.60. The molecule has 3 heteroatoms. The van der Waals surface area contributed by atoms with E-state index in [9.17, 15) is 0 Å². The molecular formula is C9H20N2O. The Morgan fingerprint density at radius 1 is 1.42 bits per heavy atom. The summed E-state index contributed by atoms with van der Waals surface area (Å²) in [6.45, 7) is 8.54. The Hall–Kier alpha value is -0.570. The molecule has 12 heavy (non-hydrogen) atoms. The zero-order chi connectivity index (χ0) is 9.61. The Balaban J connectivity index is 4.29. The lowest BCUT2D eigenvalue weighted by Gasteiger charge is -2.25. The molecule has 3 nitrogen and oxygen atoms in total. The minimum Gasteiger partial charge on any atom is -0.300 e. The Bertz CT molecular complexity index is 151. The number of rotatable bonds is 5. The molecule has 0 amide bonds. The van der Waals surface area contributed by atoms with Gasteiger partial charge >= 0.3 is 0 Å². The molecule has 0 aromatic carbocycles. The molecule has 0 heterocycles. The molecule has 0 atom stereocenters. The van der Waals surface area contributed by atoms with Crippen LogP contribution in [-0.4, -0.2) is 12.8 Å². The molecule has 0 rings (SSSR count). The van der Waals surface area contributed by atoms with E-state index in [1.807, 2.05) is 6.92 Å². The number of oxime groups is 1. The Morgan fingerprint density at radius 3 is 2.25 bits per heavy atom. The van der Waals surface area contributed by atoms with Crippen LogP contribution in [0.3, 0.4) is 0 Å². The van der Waals surface area contributed by atoms with Gasteiger partial charge in [0, 0.05) is 12.5 Å². The van der Waals surface area contributed by atoms with E-state index in [2.05, 4.69) is 31.4 Å². The number of hydrogen-bond donors (Lipinski definition) is 1. The highest BCUT2D eigenvalue weighted by molar-refractivity contribution is 5.87. The minimum atomic E-state index is 0.177. The molecule has 0 spiro atoms. The van der Waals surface area contributed by atoms with Gasteiger partial charge in [-0.2, -0.15) is 0 Å². The lowest BCUT2D eigenvalue weighted by molar-refractivity contribution is 0.0615. The van der Waals surface area contributed by atoms with Crippen molar-refractivity contribution in [3.63, 3.8) is 0 Å². The van der Waals surface area contributed by atoms with E-state index in [0.717, 1.165) is 18.6 Å². The molecule has 0 fully saturated rings. The zero-order valence-corrected chi connectivity index (χ0v) is 8.77. The van der Waals surface area contributed by atoms with Gasteiger partial charge in [0.15, 0.2) is 0 Å². The standard InChI is InChI=1S/C9H20N2O/c1-6-9(4,7-2)8(3)11-12-10-5/h10H,6-7H2,1-5H3. The van der Waals surface area contributed by atoms with Crippen molar-refractivity contribution in [3.05, 3.63) is 0 Å². The largest absolute Gasteiger partial charge is 0.300 e. The molecule has 0 radical (unpaired) electrons. The fourth-order valence-electron chi connectivity index (χ4n) is 0.986. The molecule has 72 valence electrons. The van der Waals surface area contributed by atoms with E-state index in [0.29, 0.717) is 0 Å². The van der Waals surface area contributed by atoms with Crippen molar-refractivity contribution in [1.29, 1.82) is 0 Å². The van der Waals surface area contributed by atoms with Crippen molar-refractivity contribution < 1.29 is 4.94 Å². The van der Waals surface area contributed by atoms with Crippen LogP contribution in [0.15, 0.2) is 5.16 Å². The fraction of sp³-hybridized carbons (Fsp3) is 0.889. The summed E-state index contributed by atoms with van der Waals surface area (Å²) in [6, 6.07) is 0. The summed E-state index contributed by atoms with van der Waals surface area (Å²) in [6.07, 6.45) is 2.18. The van der Waals surface area contributed by atoms with Crippen LogP contribution in [0.4, 0.5) is 0 Å². The second kappa shape index (κ2) is 5.14. The second-order valence-corrected chi connectivity index (χ2v) is 3.24. The second-order valence-electron chi connectivity index (χ2n) is 3.24. The molecule has 0 aliphatic carbocycles. The number of hydrogen-bond acceptors (Lipinski definition) is 3. The van der Waals surface area contributed by atoms with Gasteiger partial charge in [-0.1, -0.05) is 25.9 Å². The third-order valence-corrected chi connectivity index (χ3v) is 2.71. The van der Waals surface area contributed by atoms with Crippen molar-refractivity contribution >= 4 is 5.71 Å². The Morgan fingerprint density at radius 2 is 1.92 bits per heavy atom. The predicted molar refractivity (Wildman–Crippen MR) is 51.9 cm³/mol. The lowest BCUT2D eigenvalue weighted by atomic mass is 9.81. The van der Waals surface area contributed by atoms with Crippen LogP contribution < -0.4 is 5.48 Å². The maximum atomic E-state index is 4.78. The van der Waals surface area contributed by atoms with Crippen LogP contribution in [0.25, 0.3) is 0 Å². The van der Waals surface area contributed by atoms with Crippen LogP contribution in [0.1, 0.15) is 40.5 Å². The first-order valence-corrected chi connectivity index (χ1v) is 4.48. The van der Waals surface area contributed by atoms with E-state index in [1.165, 1.54) is 0 Å². The maximum absolute atomic E-state index is 4.78. The summed E-state index contributed by atoms with van der Waals surface area (Å²) in [5.74, 6) is 0. The molecule has 0 saturated carbocycles. The fourth-order valence-corrected chi connectivity index (χ4v) is 0.986. The van der Waals surface area contributed by atoms with Gasteiger partial charge in [-0.25, -0.2) is 0 Å². The predicted octanol–water partition coefficient (Wildman–Crippen LogP) is 2.34. The Labute approximate surface area is 75.1 Å². The average Bonchev–Trinajstić information content (AvgIpc) is 2.12. The van der Waals surface area contributed by atoms with E-state index in [-0.39, 0.29) is 5.41 Å². The molecule has 0 aliphatic rings. The summed E-state index contributed by atoms with van der Waals surface area (Å²) in [5, 5.41) is 3.96. The molecule has 0 unspecified atom stereocenters. The molecular weight excluding hydrogens is 152 g/mol. The van der Waals surface area contributed by atoms with E-state index < -0.39 is 0 Å². The van der Waals surface area contributed by atoms with Gasteiger partial charge in [-0.3, -0.25) is 0 Å². The SMILES string of the molecule is CCC(C)(CC)C(C)=NONC. The van der Waals surface area contributed by atoms with Gasteiger partial charge in [0.05, 0.1) is 5.71 Å². The van der Waals surface area contributed by atoms with Gasteiger partial charge in [-0.15, -0.1) is 5.48 Å². The highest BCUT2D eigenvalue weighted by Crippen LogP contribution is 2.27. The van der Waals surface area contributed by atoms with Gasteiger partial charge in [0.2, 0.25) is 0 Å². The van der Waals surface area contributed by atoms with Crippen LogP contribution in [-0.2, 0) is 4.94 Å². The molecule has 0 aromatic heterocycles. The molecule has 0 bridgehead atoms. The van der Waals surface area contributed by atoms with Crippen molar-refractivity contribution in [2.75, 3.05) is 7.05 Å². The topological polar surface area (TPSA) is 33.6 Å². The minimum absolute atomic E-state index is 0.177. The average molecular weight is 172 g/mol. The molecule has 0 saturated heterocycles. The highest BCUT2D eigenvalue weighted by Gasteiger charge is 2.23. The maximum Gasteiger partial charge on any atom is 0.0625 e. The third kappa shape index (κ3) is 2.81. The third-order valence-electron chi connectivity index (χ3n) is 2.71. The van der Waals surface area contributed by atoms with Crippen LogP contribution >= 0.6 is 0 Å². The van der Waals surface area contributed by atoms with Gasteiger partial charge in [-0.05, 0) is 19.8 Å². The van der Waals surface area contributed by atoms with Gasteiger partial charge in [0.1, 0.15) is 0 Å². The van der Waals surface area contributed by atoms with Gasteiger partial charge in [0.25, 0.3) is 0 Å². The van der Waals surface area contributed by atoms with E-state index in [1.54, 1.807) is 7.05 Å². The van der Waals surface area contributed by atoms with Crippen LogP contribution in [0.5, 0.6) is 0 Å². The van der Waals surface area contributed by atoms with Crippen molar-refractivity contribution in [1.82, 2.24) is 5.48 Å². The van der Waals surface area contributed by atoms with E-state index >= 15 is 0 Å². The molecule has 0 aliphatic heterocycles. The van der Waals surface area contributed by atoms with E-state index in [4.69, 9.17) is 4.94 Å². The van der Waals surface area contributed by atoms with Crippen LogP contribution in [0, 0.1) is 5.41 Å². The highest BCUT2D eigenvalue weighted by atomic mass is 16.8. The first kappa shape index (κ1) is 11.4. The number of hydroxylamine groups is 1. The van der Waals surface area contributed by atoms with Crippen molar-refractivity contribution in [3.8, 4) is 0 Å². The zero-order valence-electron chi connectivity index (χ0n) is 8.77. The number of nitrogens with zero attached hydrogens (tertiary/aromatic N) is 1. The summed E-state index contributed by atoms with van der Waals surface area (Å²) in [5.41, 5.74) is 3.75. The Kier molecular flexibility index (Phi) is 4.90. The number of nitrogens with one attached hydrogen (secondary N) is 1. The quantitative estimate of drug-likeness (QED) is 0.510. The normalized spacial score (nSPS) is 13.2. The monoisotopic (exact) mass is 172 g/mol. The van der Waals surface area contributed by atoms with Crippen LogP contribution in [0.2, 0.25) is 0 Å². The molecule has 1 N–H and O–H groups in total. The van der Waals surface area contributed by atoms with Gasteiger partial charge < -0.3 is 4.94 Å². The summed E-state index contributed by atoms with van der Waals surface area (Å²) in [4.78, 5) is 4.78. The summed E-state index contributed by atoms with van der Waals surface area (Å²) >= 11 is 0. The lowest BCUT2D eigenvalue weighted by Crippen LogP contribution is -2.24. The molecule has 0 aromatic rings. The van der Waals surface area contributed by atoms with Crippen molar-refractivity contribution in [2.24, 2.45) is 10.6 Å². The van der Waals surface area contributed by atoms with Crippen molar-refractivity contribution in [2.45, 2.75) is 40.5 Å². The summed E-state index contributed by atoms with van der Waals surface area (Å²) in [7, 11) is 1.70. The first-order valence-electron chi connectivity index (χ1n) is 4.48. The summed E-state index contributed by atoms with van der Waals surface area (Å²) < 4.78 is 0. The smallest absolute Gasteiger partial charge is 0.0625 e.